The molecule has 3 aromatic rings. The molecule has 0 N–H and O–H groups in total. The molecule has 1 fully saturated rings. The lowest BCUT2D eigenvalue weighted by Gasteiger charge is -2.35. The van der Waals surface area contributed by atoms with Gasteiger partial charge in [-0.2, -0.15) is 9.40 Å². The van der Waals surface area contributed by atoms with E-state index in [9.17, 15) is 13.2 Å². The summed E-state index contributed by atoms with van der Waals surface area (Å²) in [6, 6.07) is 11.2. The highest BCUT2D eigenvalue weighted by molar-refractivity contribution is 7.91. The van der Waals surface area contributed by atoms with E-state index in [1.54, 1.807) is 29.0 Å². The molecule has 1 amide bonds. The molecule has 0 bridgehead atoms. The number of carbonyl (C=O) groups is 1. The first-order valence-corrected chi connectivity index (χ1v) is 12.8. The standard InChI is InChI=1S/C22H27N5O3S2/c1-16-6-11-21(31-16)32(29,30)26-12-4-5-19(13-26)22(28)25(3)17(2)18-7-9-20(10-8-18)27-15-23-14-24-27/h6-11,14-15,17,19H,4-5,12-13H2,1-3H3. The lowest BCUT2D eigenvalue weighted by Crippen LogP contribution is -2.46. The molecule has 0 saturated carbocycles. The maximum absolute atomic E-state index is 13.3. The summed E-state index contributed by atoms with van der Waals surface area (Å²) < 4.78 is 29.5. The van der Waals surface area contributed by atoms with Crippen molar-refractivity contribution in [1.29, 1.82) is 0 Å². The number of benzene rings is 1. The Kier molecular flexibility index (Phi) is 6.45. The summed E-state index contributed by atoms with van der Waals surface area (Å²) in [6.45, 7) is 4.54. The SMILES string of the molecule is Cc1ccc(S(=O)(=O)N2CCCC(C(=O)N(C)C(C)c3ccc(-n4cncn4)cc3)C2)s1. The second-order valence-electron chi connectivity index (χ2n) is 8.12. The van der Waals surface area contributed by atoms with Gasteiger partial charge in [0, 0.05) is 25.0 Å². The third kappa shape index (κ3) is 4.48. The molecule has 1 aliphatic rings. The summed E-state index contributed by atoms with van der Waals surface area (Å²) in [7, 11) is -1.78. The van der Waals surface area contributed by atoms with Crippen LogP contribution < -0.4 is 0 Å². The average molecular weight is 474 g/mol. The first-order chi connectivity index (χ1) is 15.3. The third-order valence-electron chi connectivity index (χ3n) is 6.03. The van der Waals surface area contributed by atoms with Crippen LogP contribution in [0.25, 0.3) is 5.69 Å². The molecule has 1 saturated heterocycles. The molecule has 170 valence electrons. The number of carbonyl (C=O) groups excluding carboxylic acids is 1. The van der Waals surface area contributed by atoms with Crippen LogP contribution in [0.1, 0.15) is 36.2 Å². The first-order valence-electron chi connectivity index (χ1n) is 10.6. The van der Waals surface area contributed by atoms with Crippen LogP contribution in [0.15, 0.2) is 53.3 Å². The normalized spacial score (nSPS) is 18.4. The van der Waals surface area contributed by atoms with Crippen LogP contribution >= 0.6 is 11.3 Å². The molecule has 4 rings (SSSR count). The van der Waals surface area contributed by atoms with Crippen molar-refractivity contribution >= 4 is 27.3 Å². The zero-order valence-corrected chi connectivity index (χ0v) is 20.0. The lowest BCUT2D eigenvalue weighted by atomic mass is 9.96. The first kappa shape index (κ1) is 22.6. The van der Waals surface area contributed by atoms with Gasteiger partial charge in [-0.3, -0.25) is 4.79 Å². The fourth-order valence-corrected chi connectivity index (χ4v) is 6.95. The largest absolute Gasteiger partial charge is 0.339 e. The Hall–Kier alpha value is -2.56. The molecule has 10 heteroatoms. The predicted octanol–water partition coefficient (Wildman–Crippen LogP) is 3.26. The van der Waals surface area contributed by atoms with Gasteiger partial charge in [-0.25, -0.2) is 18.1 Å². The number of nitrogens with zero attached hydrogens (tertiary/aromatic N) is 5. The van der Waals surface area contributed by atoms with Crippen LogP contribution in [-0.4, -0.2) is 58.4 Å². The second-order valence-corrected chi connectivity index (χ2v) is 11.6. The Morgan fingerprint density at radius 2 is 1.97 bits per heavy atom. The fourth-order valence-electron chi connectivity index (χ4n) is 3.99. The Morgan fingerprint density at radius 3 is 2.59 bits per heavy atom. The molecule has 32 heavy (non-hydrogen) atoms. The highest BCUT2D eigenvalue weighted by Crippen LogP contribution is 2.30. The van der Waals surface area contributed by atoms with Gasteiger partial charge in [-0.1, -0.05) is 12.1 Å². The van der Waals surface area contributed by atoms with Crippen molar-refractivity contribution < 1.29 is 13.2 Å². The summed E-state index contributed by atoms with van der Waals surface area (Å²) in [5.74, 6) is -0.374. The van der Waals surface area contributed by atoms with Crippen LogP contribution in [0.5, 0.6) is 0 Å². The Labute approximate surface area is 192 Å². The van der Waals surface area contributed by atoms with Gasteiger partial charge in [0.1, 0.15) is 16.9 Å². The molecule has 0 aliphatic carbocycles. The van der Waals surface area contributed by atoms with Crippen LogP contribution in [0.4, 0.5) is 0 Å². The topological polar surface area (TPSA) is 88.4 Å². The van der Waals surface area contributed by atoms with Gasteiger partial charge in [-0.15, -0.1) is 11.3 Å². The van der Waals surface area contributed by atoms with Gasteiger partial charge < -0.3 is 4.90 Å². The van der Waals surface area contributed by atoms with Crippen molar-refractivity contribution in [2.75, 3.05) is 20.1 Å². The molecule has 2 atom stereocenters. The summed E-state index contributed by atoms with van der Waals surface area (Å²) >= 11 is 1.27. The highest BCUT2D eigenvalue weighted by atomic mass is 32.2. The minimum Gasteiger partial charge on any atom is -0.339 e. The van der Waals surface area contributed by atoms with Crippen molar-refractivity contribution in [3.63, 3.8) is 0 Å². The van der Waals surface area contributed by atoms with E-state index < -0.39 is 10.0 Å². The molecule has 0 radical (unpaired) electrons. The van der Waals surface area contributed by atoms with Gasteiger partial charge in [-0.05, 0) is 56.5 Å². The predicted molar refractivity (Wildman–Crippen MR) is 123 cm³/mol. The third-order valence-corrected chi connectivity index (χ3v) is 9.36. The molecule has 1 aliphatic heterocycles. The number of hydrogen-bond acceptors (Lipinski definition) is 6. The van der Waals surface area contributed by atoms with Crippen molar-refractivity contribution in [2.24, 2.45) is 5.92 Å². The van der Waals surface area contributed by atoms with E-state index in [-0.39, 0.29) is 24.4 Å². The molecule has 2 unspecified atom stereocenters. The Bertz CT molecular complexity index is 1170. The Balaban J connectivity index is 1.45. The number of rotatable bonds is 6. The van der Waals surface area contributed by atoms with Crippen molar-refractivity contribution in [2.45, 2.75) is 36.9 Å². The van der Waals surface area contributed by atoms with Crippen LogP contribution in [0.3, 0.4) is 0 Å². The number of aryl methyl sites for hydroxylation is 1. The quantitative estimate of drug-likeness (QED) is 0.548. The summed E-state index contributed by atoms with van der Waals surface area (Å²) in [5, 5.41) is 4.12. The summed E-state index contributed by atoms with van der Waals surface area (Å²) in [6.07, 6.45) is 4.48. The minimum absolute atomic E-state index is 0.0277. The Morgan fingerprint density at radius 1 is 1.22 bits per heavy atom. The van der Waals surface area contributed by atoms with E-state index in [1.807, 2.05) is 44.2 Å². The molecular weight excluding hydrogens is 446 g/mol. The zero-order chi connectivity index (χ0) is 22.9. The molecule has 8 nitrogen and oxygen atoms in total. The summed E-state index contributed by atoms with van der Waals surface area (Å²) in [4.78, 5) is 19.9. The molecule has 1 aromatic carbocycles. The number of aromatic nitrogens is 3. The zero-order valence-electron chi connectivity index (χ0n) is 18.4. The van der Waals surface area contributed by atoms with Gasteiger partial charge in [0.05, 0.1) is 17.6 Å². The molecule has 3 heterocycles. The number of sulfonamides is 1. The number of thiophene rings is 1. The van der Waals surface area contributed by atoms with E-state index >= 15 is 0 Å². The van der Waals surface area contributed by atoms with Crippen LogP contribution in [-0.2, 0) is 14.8 Å². The summed E-state index contributed by atoms with van der Waals surface area (Å²) in [5.41, 5.74) is 1.89. The van der Waals surface area contributed by atoms with E-state index in [1.165, 1.54) is 22.0 Å². The van der Waals surface area contributed by atoms with E-state index in [4.69, 9.17) is 0 Å². The van der Waals surface area contributed by atoms with Gasteiger partial charge in [0.2, 0.25) is 5.91 Å². The minimum atomic E-state index is -3.56. The number of piperidine rings is 1. The number of hydrogen-bond donors (Lipinski definition) is 0. The molecule has 0 spiro atoms. The fraction of sp³-hybridized carbons (Fsp3) is 0.409. The van der Waals surface area contributed by atoms with Gasteiger partial charge in [0.15, 0.2) is 0 Å². The van der Waals surface area contributed by atoms with Crippen LogP contribution in [0.2, 0.25) is 0 Å². The van der Waals surface area contributed by atoms with Crippen molar-refractivity contribution in [3.05, 3.63) is 59.5 Å². The lowest BCUT2D eigenvalue weighted by molar-refractivity contribution is -0.137. The molecular formula is C22H27N5O3S2. The van der Waals surface area contributed by atoms with Crippen molar-refractivity contribution in [3.8, 4) is 5.69 Å². The number of amides is 1. The maximum atomic E-state index is 13.3. The van der Waals surface area contributed by atoms with E-state index in [2.05, 4.69) is 10.1 Å². The van der Waals surface area contributed by atoms with Crippen LogP contribution in [0, 0.1) is 12.8 Å². The monoisotopic (exact) mass is 473 g/mol. The van der Waals surface area contributed by atoms with Gasteiger partial charge >= 0.3 is 0 Å². The van der Waals surface area contributed by atoms with E-state index in [0.29, 0.717) is 23.6 Å². The molecule has 2 aromatic heterocycles. The van der Waals surface area contributed by atoms with Crippen molar-refractivity contribution in [1.82, 2.24) is 24.0 Å². The second kappa shape index (κ2) is 9.13. The highest BCUT2D eigenvalue weighted by Gasteiger charge is 2.35. The maximum Gasteiger partial charge on any atom is 0.252 e. The smallest absolute Gasteiger partial charge is 0.252 e. The average Bonchev–Trinajstić information content (AvgIpc) is 3.50. The van der Waals surface area contributed by atoms with E-state index in [0.717, 1.165) is 16.1 Å². The van der Waals surface area contributed by atoms with Gasteiger partial charge in [0.25, 0.3) is 10.0 Å².